The van der Waals surface area contributed by atoms with E-state index in [4.69, 9.17) is 0 Å². The van der Waals surface area contributed by atoms with Crippen LogP contribution in [0.15, 0.2) is 18.2 Å². The first kappa shape index (κ1) is 9.69. The highest BCUT2D eigenvalue weighted by molar-refractivity contribution is 5.35. The quantitative estimate of drug-likeness (QED) is 0.648. The van der Waals surface area contributed by atoms with E-state index < -0.39 is 11.6 Å². The molecule has 0 unspecified atom stereocenters. The van der Waals surface area contributed by atoms with E-state index in [0.29, 0.717) is 6.54 Å². The van der Waals surface area contributed by atoms with Gasteiger partial charge in [-0.25, -0.2) is 8.78 Å². The van der Waals surface area contributed by atoms with Gasteiger partial charge in [-0.3, -0.25) is 0 Å². The van der Waals surface area contributed by atoms with Gasteiger partial charge in [-0.1, -0.05) is 11.8 Å². The fraction of sp³-hybridized carbons (Fsp3) is 0.200. The van der Waals surface area contributed by atoms with Gasteiger partial charge in [0.1, 0.15) is 11.6 Å². The maximum absolute atomic E-state index is 12.9. The monoisotopic (exact) mass is 181 g/mol. The third-order valence-corrected chi connectivity index (χ3v) is 1.42. The molecule has 0 aliphatic rings. The summed E-state index contributed by atoms with van der Waals surface area (Å²) in [4.78, 5) is 0. The van der Waals surface area contributed by atoms with Gasteiger partial charge in [-0.05, 0) is 25.2 Å². The Labute approximate surface area is 75.8 Å². The lowest BCUT2D eigenvalue weighted by molar-refractivity contribution is 0.597. The third-order valence-electron chi connectivity index (χ3n) is 1.42. The van der Waals surface area contributed by atoms with Crippen molar-refractivity contribution in [1.82, 2.24) is 5.32 Å². The van der Waals surface area contributed by atoms with E-state index in [0.717, 1.165) is 18.2 Å². The minimum absolute atomic E-state index is 0.0928. The van der Waals surface area contributed by atoms with E-state index in [1.54, 1.807) is 7.05 Å². The topological polar surface area (TPSA) is 12.0 Å². The predicted octanol–water partition coefficient (Wildman–Crippen LogP) is 1.54. The SMILES string of the molecule is CNCC#Cc1cc(F)ccc1F. The molecule has 0 saturated carbocycles. The van der Waals surface area contributed by atoms with Crippen LogP contribution in [-0.4, -0.2) is 13.6 Å². The number of hydrogen-bond acceptors (Lipinski definition) is 1. The second-order valence-electron chi connectivity index (χ2n) is 2.46. The molecule has 0 amide bonds. The van der Waals surface area contributed by atoms with E-state index in [1.807, 2.05) is 0 Å². The molecule has 0 aliphatic carbocycles. The Balaban J connectivity index is 2.89. The van der Waals surface area contributed by atoms with E-state index in [9.17, 15) is 8.78 Å². The van der Waals surface area contributed by atoms with Crippen molar-refractivity contribution >= 4 is 0 Å². The van der Waals surface area contributed by atoms with Crippen LogP contribution in [0.2, 0.25) is 0 Å². The minimum Gasteiger partial charge on any atom is -0.309 e. The van der Waals surface area contributed by atoms with E-state index in [-0.39, 0.29) is 5.56 Å². The van der Waals surface area contributed by atoms with E-state index >= 15 is 0 Å². The molecule has 0 aliphatic heterocycles. The summed E-state index contributed by atoms with van der Waals surface area (Å²) < 4.78 is 25.5. The molecule has 13 heavy (non-hydrogen) atoms. The predicted molar refractivity (Wildman–Crippen MR) is 47.2 cm³/mol. The summed E-state index contributed by atoms with van der Waals surface area (Å²) in [5, 5.41) is 2.78. The van der Waals surface area contributed by atoms with Crippen LogP contribution in [-0.2, 0) is 0 Å². The second kappa shape index (κ2) is 4.58. The van der Waals surface area contributed by atoms with E-state index in [1.165, 1.54) is 0 Å². The molecule has 0 fully saturated rings. The molecule has 3 heteroatoms. The minimum atomic E-state index is -0.495. The normalized spacial score (nSPS) is 9.15. The van der Waals surface area contributed by atoms with Crippen molar-refractivity contribution in [1.29, 1.82) is 0 Å². The standard InChI is InChI=1S/C10H9F2N/c1-13-6-2-3-8-7-9(11)4-5-10(8)12/h4-5,7,13H,6H2,1H3. The smallest absolute Gasteiger partial charge is 0.139 e. The van der Waals surface area contributed by atoms with Gasteiger partial charge in [0.2, 0.25) is 0 Å². The Morgan fingerprint density at radius 3 is 2.85 bits per heavy atom. The lowest BCUT2D eigenvalue weighted by atomic mass is 10.2. The highest BCUT2D eigenvalue weighted by Gasteiger charge is 1.99. The molecule has 1 aromatic carbocycles. The molecule has 68 valence electrons. The van der Waals surface area contributed by atoms with Crippen LogP contribution in [0.25, 0.3) is 0 Å². The van der Waals surface area contributed by atoms with E-state index in [2.05, 4.69) is 17.2 Å². The molecule has 0 aromatic heterocycles. The van der Waals surface area contributed by atoms with Crippen LogP contribution < -0.4 is 5.32 Å². The summed E-state index contributed by atoms with van der Waals surface area (Å²) in [5.74, 6) is 4.21. The highest BCUT2D eigenvalue weighted by Crippen LogP contribution is 2.07. The maximum atomic E-state index is 12.9. The van der Waals surface area contributed by atoms with Crippen molar-refractivity contribution in [2.24, 2.45) is 0 Å². The summed E-state index contributed by atoms with van der Waals surface area (Å²) >= 11 is 0. The van der Waals surface area contributed by atoms with Gasteiger partial charge in [-0.2, -0.15) is 0 Å². The molecule has 1 aromatic rings. The number of halogens is 2. The van der Waals surface area contributed by atoms with Crippen LogP contribution in [0, 0.1) is 23.5 Å². The van der Waals surface area contributed by atoms with Gasteiger partial charge in [0, 0.05) is 0 Å². The van der Waals surface area contributed by atoms with Crippen molar-refractivity contribution in [3.63, 3.8) is 0 Å². The summed E-state index contributed by atoms with van der Waals surface area (Å²) in [6.07, 6.45) is 0. The molecule has 1 rings (SSSR count). The van der Waals surface area contributed by atoms with Crippen molar-refractivity contribution < 1.29 is 8.78 Å². The van der Waals surface area contributed by atoms with Crippen LogP contribution in [0.4, 0.5) is 8.78 Å². The van der Waals surface area contributed by atoms with Crippen molar-refractivity contribution in [3.05, 3.63) is 35.4 Å². The number of rotatable bonds is 1. The average molecular weight is 181 g/mol. The molecule has 0 spiro atoms. The molecule has 1 nitrogen and oxygen atoms in total. The molecular weight excluding hydrogens is 172 g/mol. The van der Waals surface area contributed by atoms with Gasteiger partial charge in [-0.15, -0.1) is 0 Å². The fourth-order valence-corrected chi connectivity index (χ4v) is 0.821. The van der Waals surface area contributed by atoms with Gasteiger partial charge < -0.3 is 5.32 Å². The Morgan fingerprint density at radius 1 is 1.38 bits per heavy atom. The summed E-state index contributed by atoms with van der Waals surface area (Å²) in [5.41, 5.74) is 0.0928. The van der Waals surface area contributed by atoms with Crippen molar-refractivity contribution in [2.45, 2.75) is 0 Å². The molecule has 0 atom stereocenters. The maximum Gasteiger partial charge on any atom is 0.139 e. The Hall–Kier alpha value is -1.40. The molecule has 0 heterocycles. The summed E-state index contributed by atoms with van der Waals surface area (Å²) in [6.45, 7) is 0.454. The lowest BCUT2D eigenvalue weighted by Gasteiger charge is -1.93. The van der Waals surface area contributed by atoms with Crippen LogP contribution in [0.3, 0.4) is 0 Å². The molecule has 1 N–H and O–H groups in total. The first-order valence-corrected chi connectivity index (χ1v) is 3.82. The fourth-order valence-electron chi connectivity index (χ4n) is 0.821. The van der Waals surface area contributed by atoms with Gasteiger partial charge in [0.25, 0.3) is 0 Å². The van der Waals surface area contributed by atoms with Gasteiger partial charge >= 0.3 is 0 Å². The molecule has 0 radical (unpaired) electrons. The number of nitrogens with one attached hydrogen (secondary N) is 1. The van der Waals surface area contributed by atoms with Crippen molar-refractivity contribution in [3.8, 4) is 11.8 Å². The van der Waals surface area contributed by atoms with Crippen LogP contribution in [0.5, 0.6) is 0 Å². The Kier molecular flexibility index (Phi) is 3.41. The number of benzene rings is 1. The third kappa shape index (κ3) is 2.85. The van der Waals surface area contributed by atoms with Crippen LogP contribution >= 0.6 is 0 Å². The second-order valence-corrected chi connectivity index (χ2v) is 2.46. The molecule has 0 saturated heterocycles. The number of hydrogen-bond donors (Lipinski definition) is 1. The highest BCUT2D eigenvalue weighted by atomic mass is 19.1. The van der Waals surface area contributed by atoms with Gasteiger partial charge in [0.05, 0.1) is 12.1 Å². The van der Waals surface area contributed by atoms with Gasteiger partial charge in [0.15, 0.2) is 0 Å². The van der Waals surface area contributed by atoms with Crippen LogP contribution in [0.1, 0.15) is 5.56 Å². The zero-order valence-electron chi connectivity index (χ0n) is 7.20. The molecule has 0 bridgehead atoms. The first-order valence-electron chi connectivity index (χ1n) is 3.82. The average Bonchev–Trinajstić information content (AvgIpc) is 2.11. The summed E-state index contributed by atoms with van der Waals surface area (Å²) in [6, 6.07) is 3.22. The Bertz CT molecular complexity index is 350. The molecular formula is C10H9F2N. The largest absolute Gasteiger partial charge is 0.309 e. The summed E-state index contributed by atoms with van der Waals surface area (Å²) in [7, 11) is 1.73. The first-order chi connectivity index (χ1) is 6.24. The zero-order valence-corrected chi connectivity index (χ0v) is 7.20. The van der Waals surface area contributed by atoms with Crippen molar-refractivity contribution in [2.75, 3.05) is 13.6 Å². The lowest BCUT2D eigenvalue weighted by Crippen LogP contribution is -2.04. The zero-order chi connectivity index (χ0) is 9.68. The Morgan fingerprint density at radius 2 is 2.15 bits per heavy atom.